The van der Waals surface area contributed by atoms with E-state index in [4.69, 9.17) is 5.11 Å². The summed E-state index contributed by atoms with van der Waals surface area (Å²) in [5, 5.41) is 8.87. The number of benzene rings is 1. The Morgan fingerprint density at radius 3 is 2.40 bits per heavy atom. The third-order valence-corrected chi connectivity index (χ3v) is 1.18. The minimum Gasteiger partial charge on any atom is -0.513 e. The molecule has 1 aromatic carbocycles. The minimum absolute atomic E-state index is 0.339. The van der Waals surface area contributed by atoms with Crippen LogP contribution in [0.5, 0.6) is 0 Å². The van der Waals surface area contributed by atoms with Gasteiger partial charge in [0.05, 0.1) is 5.76 Å². The summed E-state index contributed by atoms with van der Waals surface area (Å²) in [6.07, 6.45) is 1.72. The van der Waals surface area contributed by atoms with Crippen molar-refractivity contribution >= 4 is 6.08 Å². The highest BCUT2D eigenvalue weighted by Gasteiger charge is 1.83. The maximum absolute atomic E-state index is 8.87. The second-order valence-electron chi connectivity index (χ2n) is 2.20. The third-order valence-electron chi connectivity index (χ3n) is 1.18. The van der Waals surface area contributed by atoms with Gasteiger partial charge in [-0.1, -0.05) is 30.3 Å². The second kappa shape index (κ2) is 3.06. The van der Waals surface area contributed by atoms with Crippen LogP contribution in [-0.2, 0) is 0 Å². The molecule has 0 heterocycles. The lowest BCUT2D eigenvalue weighted by Gasteiger charge is -1.90. The Bertz CT molecular complexity index is 220. The Balaban J connectivity index is 2.87. The third kappa shape index (κ3) is 1.94. The molecular formula is C9H10O. The predicted octanol–water partition coefficient (Wildman–Crippen LogP) is 2.61. The molecule has 1 aromatic rings. The second-order valence-corrected chi connectivity index (χ2v) is 2.20. The molecule has 52 valence electrons. The summed E-state index contributed by atoms with van der Waals surface area (Å²) in [5.74, 6) is 0.339. The normalized spacial score (nSPS) is 11.5. The lowest BCUT2D eigenvalue weighted by Crippen LogP contribution is -1.72. The molecule has 0 aliphatic carbocycles. The van der Waals surface area contributed by atoms with Crippen LogP contribution in [0, 0.1) is 0 Å². The highest BCUT2D eigenvalue weighted by Crippen LogP contribution is 2.02. The SMILES string of the molecule is C/C(O)=C/c1ccccc1. The van der Waals surface area contributed by atoms with Gasteiger partial charge in [-0.3, -0.25) is 0 Å². The van der Waals surface area contributed by atoms with Crippen LogP contribution < -0.4 is 0 Å². The molecule has 10 heavy (non-hydrogen) atoms. The zero-order chi connectivity index (χ0) is 7.40. The van der Waals surface area contributed by atoms with Gasteiger partial charge in [-0.2, -0.15) is 0 Å². The summed E-state index contributed by atoms with van der Waals surface area (Å²) in [4.78, 5) is 0. The van der Waals surface area contributed by atoms with Crippen molar-refractivity contribution in [2.45, 2.75) is 6.92 Å². The fourth-order valence-corrected chi connectivity index (χ4v) is 0.790. The quantitative estimate of drug-likeness (QED) is 0.585. The van der Waals surface area contributed by atoms with Crippen LogP contribution >= 0.6 is 0 Å². The smallest absolute Gasteiger partial charge is 0.0897 e. The molecule has 0 aliphatic heterocycles. The van der Waals surface area contributed by atoms with E-state index >= 15 is 0 Å². The largest absolute Gasteiger partial charge is 0.513 e. The molecule has 0 spiro atoms. The van der Waals surface area contributed by atoms with Crippen molar-refractivity contribution < 1.29 is 5.11 Å². The molecule has 1 N–H and O–H groups in total. The molecule has 0 aromatic heterocycles. The Hall–Kier alpha value is -1.24. The van der Waals surface area contributed by atoms with Crippen molar-refractivity contribution in [3.8, 4) is 0 Å². The summed E-state index contributed by atoms with van der Waals surface area (Å²) in [5.41, 5.74) is 1.03. The topological polar surface area (TPSA) is 20.2 Å². The molecule has 1 rings (SSSR count). The van der Waals surface area contributed by atoms with Crippen LogP contribution in [-0.4, -0.2) is 5.11 Å². The van der Waals surface area contributed by atoms with Crippen molar-refractivity contribution in [1.29, 1.82) is 0 Å². The van der Waals surface area contributed by atoms with Gasteiger partial charge in [0.1, 0.15) is 0 Å². The van der Waals surface area contributed by atoms with E-state index in [1.807, 2.05) is 30.3 Å². The monoisotopic (exact) mass is 134 g/mol. The summed E-state index contributed by atoms with van der Waals surface area (Å²) >= 11 is 0. The number of aliphatic hydroxyl groups is 1. The average Bonchev–Trinajstić information content (AvgIpc) is 1.88. The predicted molar refractivity (Wildman–Crippen MR) is 42.7 cm³/mol. The molecular weight excluding hydrogens is 124 g/mol. The van der Waals surface area contributed by atoms with Crippen LogP contribution in [0.25, 0.3) is 6.08 Å². The number of aliphatic hydroxyl groups excluding tert-OH is 1. The zero-order valence-corrected chi connectivity index (χ0v) is 5.91. The Morgan fingerprint density at radius 2 is 1.90 bits per heavy atom. The van der Waals surface area contributed by atoms with Crippen LogP contribution in [0.1, 0.15) is 12.5 Å². The molecule has 0 atom stereocenters. The van der Waals surface area contributed by atoms with Crippen molar-refractivity contribution in [1.82, 2.24) is 0 Å². The highest BCUT2D eigenvalue weighted by atomic mass is 16.3. The summed E-state index contributed by atoms with van der Waals surface area (Å²) < 4.78 is 0. The molecule has 0 saturated carbocycles. The number of hydrogen-bond donors (Lipinski definition) is 1. The van der Waals surface area contributed by atoms with Crippen molar-refractivity contribution in [3.05, 3.63) is 41.7 Å². The molecule has 0 radical (unpaired) electrons. The summed E-state index contributed by atoms with van der Waals surface area (Å²) in [6, 6.07) is 9.72. The molecule has 0 aliphatic rings. The maximum atomic E-state index is 8.87. The number of hydrogen-bond acceptors (Lipinski definition) is 1. The first-order valence-corrected chi connectivity index (χ1v) is 3.21. The van der Waals surface area contributed by atoms with E-state index in [2.05, 4.69) is 0 Å². The van der Waals surface area contributed by atoms with E-state index in [1.54, 1.807) is 13.0 Å². The first kappa shape index (κ1) is 6.87. The van der Waals surface area contributed by atoms with Gasteiger partial charge in [0, 0.05) is 0 Å². The van der Waals surface area contributed by atoms with E-state index in [0.29, 0.717) is 5.76 Å². The van der Waals surface area contributed by atoms with Crippen molar-refractivity contribution in [3.63, 3.8) is 0 Å². The average molecular weight is 134 g/mol. The van der Waals surface area contributed by atoms with Gasteiger partial charge >= 0.3 is 0 Å². The first-order valence-electron chi connectivity index (χ1n) is 3.21. The van der Waals surface area contributed by atoms with Gasteiger partial charge in [-0.15, -0.1) is 0 Å². The van der Waals surface area contributed by atoms with Crippen molar-refractivity contribution in [2.24, 2.45) is 0 Å². The lowest BCUT2D eigenvalue weighted by atomic mass is 10.2. The molecule has 1 heteroatoms. The van der Waals surface area contributed by atoms with Gasteiger partial charge in [0.2, 0.25) is 0 Å². The van der Waals surface area contributed by atoms with E-state index in [9.17, 15) is 0 Å². The van der Waals surface area contributed by atoms with Crippen LogP contribution in [0.4, 0.5) is 0 Å². The molecule has 0 bridgehead atoms. The zero-order valence-electron chi connectivity index (χ0n) is 5.91. The Labute approximate surface area is 60.6 Å². The Morgan fingerprint density at radius 1 is 1.30 bits per heavy atom. The van der Waals surface area contributed by atoms with E-state index in [-0.39, 0.29) is 0 Å². The van der Waals surface area contributed by atoms with Gasteiger partial charge in [0.15, 0.2) is 0 Å². The van der Waals surface area contributed by atoms with Gasteiger partial charge in [-0.05, 0) is 18.6 Å². The van der Waals surface area contributed by atoms with Crippen LogP contribution in [0.15, 0.2) is 36.1 Å². The molecule has 0 fully saturated rings. The fraction of sp³-hybridized carbons (Fsp3) is 0.111. The summed E-state index contributed by atoms with van der Waals surface area (Å²) in [7, 11) is 0. The lowest BCUT2D eigenvalue weighted by molar-refractivity contribution is 0.420. The van der Waals surface area contributed by atoms with E-state index in [1.165, 1.54) is 0 Å². The van der Waals surface area contributed by atoms with E-state index in [0.717, 1.165) is 5.56 Å². The molecule has 0 amide bonds. The van der Waals surface area contributed by atoms with E-state index < -0.39 is 0 Å². The molecule has 0 unspecified atom stereocenters. The van der Waals surface area contributed by atoms with Gasteiger partial charge < -0.3 is 5.11 Å². The summed E-state index contributed by atoms with van der Waals surface area (Å²) in [6.45, 7) is 1.66. The molecule has 1 nitrogen and oxygen atoms in total. The minimum atomic E-state index is 0.339. The highest BCUT2D eigenvalue weighted by molar-refractivity contribution is 5.49. The van der Waals surface area contributed by atoms with Crippen LogP contribution in [0.2, 0.25) is 0 Å². The standard InChI is InChI=1S/C9H10O/c1-8(10)7-9-5-3-2-4-6-9/h2-7,10H,1H3/b8-7-. The maximum Gasteiger partial charge on any atom is 0.0897 e. The van der Waals surface area contributed by atoms with Gasteiger partial charge in [-0.25, -0.2) is 0 Å². The fourth-order valence-electron chi connectivity index (χ4n) is 0.790. The van der Waals surface area contributed by atoms with Gasteiger partial charge in [0.25, 0.3) is 0 Å². The molecule has 0 saturated heterocycles. The number of rotatable bonds is 1. The number of allylic oxidation sites excluding steroid dienone is 1. The Kier molecular flexibility index (Phi) is 2.11. The van der Waals surface area contributed by atoms with Crippen LogP contribution in [0.3, 0.4) is 0 Å². The first-order chi connectivity index (χ1) is 4.79. The van der Waals surface area contributed by atoms with Crippen molar-refractivity contribution in [2.75, 3.05) is 0 Å².